The van der Waals surface area contributed by atoms with E-state index in [4.69, 9.17) is 4.74 Å². The number of nitrogens with one attached hydrogen (secondary N) is 1. The molecule has 0 unspecified atom stereocenters. The summed E-state index contributed by atoms with van der Waals surface area (Å²) in [5.41, 5.74) is 7.35. The van der Waals surface area contributed by atoms with Crippen LogP contribution >= 0.6 is 0 Å². The first-order valence-electron chi connectivity index (χ1n) is 10.2. The summed E-state index contributed by atoms with van der Waals surface area (Å²) in [5.74, 6) is 0.938. The van der Waals surface area contributed by atoms with Crippen LogP contribution in [0.5, 0.6) is 5.75 Å². The van der Waals surface area contributed by atoms with Gasteiger partial charge in [0.15, 0.2) is 0 Å². The van der Waals surface area contributed by atoms with Crippen LogP contribution in [0.3, 0.4) is 0 Å². The van der Waals surface area contributed by atoms with Crippen molar-refractivity contribution in [3.63, 3.8) is 0 Å². The van der Waals surface area contributed by atoms with Crippen LogP contribution in [0, 0.1) is 6.92 Å². The fourth-order valence-electron chi connectivity index (χ4n) is 4.18. The van der Waals surface area contributed by atoms with Crippen molar-refractivity contribution in [1.82, 2.24) is 14.5 Å². The number of benzene rings is 2. The Balaban J connectivity index is 1.32. The van der Waals surface area contributed by atoms with Crippen LogP contribution in [0.4, 0.5) is 5.69 Å². The zero-order chi connectivity index (χ0) is 20.5. The average molecular weight is 459 g/mol. The first-order valence-corrected chi connectivity index (χ1v) is 12.5. The second-order valence-electron chi connectivity index (χ2n) is 7.52. The van der Waals surface area contributed by atoms with E-state index >= 15 is 0 Å². The Morgan fingerprint density at radius 1 is 1.13 bits per heavy atom. The van der Waals surface area contributed by atoms with Gasteiger partial charge in [-0.2, -0.15) is 0 Å². The number of anilines is 1. The molecule has 0 spiro atoms. The normalized spacial score (nSPS) is 13.1. The molecule has 1 aliphatic heterocycles. The fourth-order valence-corrected chi connectivity index (χ4v) is 6.02. The molecular formula is C24H24AsN4O. The fraction of sp³-hybridized carbons (Fsp3) is 0.250. The molecule has 4 aromatic rings. The van der Waals surface area contributed by atoms with Gasteiger partial charge in [0.25, 0.3) is 0 Å². The number of fused-ring (bicyclic) bond motifs is 2. The van der Waals surface area contributed by atoms with Gasteiger partial charge in [-0.05, 0) is 0 Å². The Morgan fingerprint density at radius 3 is 2.97 bits per heavy atom. The van der Waals surface area contributed by atoms with Gasteiger partial charge in [-0.3, -0.25) is 0 Å². The Kier molecular flexibility index (Phi) is 5.22. The van der Waals surface area contributed by atoms with Crippen LogP contribution in [0.2, 0.25) is 5.21 Å². The van der Waals surface area contributed by atoms with Gasteiger partial charge < -0.3 is 0 Å². The zero-order valence-electron chi connectivity index (χ0n) is 17.2. The van der Waals surface area contributed by atoms with Gasteiger partial charge in [0.2, 0.25) is 0 Å². The molecule has 2 aromatic carbocycles. The summed E-state index contributed by atoms with van der Waals surface area (Å²) in [4.78, 5) is 9.09. The first-order chi connectivity index (χ1) is 14.7. The second kappa shape index (κ2) is 8.15. The molecular weight excluding hydrogens is 435 g/mol. The van der Waals surface area contributed by atoms with Crippen molar-refractivity contribution in [3.8, 4) is 17.0 Å². The predicted molar refractivity (Wildman–Crippen MR) is 123 cm³/mol. The second-order valence-corrected chi connectivity index (χ2v) is 10.1. The van der Waals surface area contributed by atoms with Gasteiger partial charge >= 0.3 is 183 Å². The maximum atomic E-state index is 5.52. The van der Waals surface area contributed by atoms with E-state index < -0.39 is 0 Å². The van der Waals surface area contributed by atoms with E-state index in [0.717, 1.165) is 36.2 Å². The zero-order valence-corrected chi connectivity index (χ0v) is 19.1. The molecule has 0 atom stereocenters. The third kappa shape index (κ3) is 3.59. The molecule has 1 N–H and O–H groups in total. The van der Waals surface area contributed by atoms with Gasteiger partial charge in [0.1, 0.15) is 0 Å². The van der Waals surface area contributed by atoms with E-state index in [1.54, 1.807) is 13.4 Å². The molecule has 0 saturated heterocycles. The van der Waals surface area contributed by atoms with E-state index in [-0.39, 0.29) is 15.8 Å². The molecule has 5 rings (SSSR count). The van der Waals surface area contributed by atoms with E-state index in [1.165, 1.54) is 37.9 Å². The predicted octanol–water partition coefficient (Wildman–Crippen LogP) is 3.83. The van der Waals surface area contributed by atoms with Crippen LogP contribution in [0.25, 0.3) is 22.2 Å². The minimum absolute atomic E-state index is 0.0265. The number of hydrogen-bond acceptors (Lipinski definition) is 4. The topological polar surface area (TPSA) is 52.0 Å². The third-order valence-electron chi connectivity index (χ3n) is 5.69. The van der Waals surface area contributed by atoms with Gasteiger partial charge in [-0.15, -0.1) is 0 Å². The molecule has 5 nitrogen and oxygen atoms in total. The summed E-state index contributed by atoms with van der Waals surface area (Å²) in [6.45, 7) is 4.19. The minimum atomic E-state index is -0.0265. The van der Waals surface area contributed by atoms with E-state index in [2.05, 4.69) is 69.2 Å². The van der Waals surface area contributed by atoms with Crippen molar-refractivity contribution in [1.29, 1.82) is 0 Å². The Morgan fingerprint density at radius 2 is 2.07 bits per heavy atom. The van der Waals surface area contributed by atoms with Gasteiger partial charge in [0.05, 0.1) is 0 Å². The summed E-state index contributed by atoms with van der Waals surface area (Å²) in [6.07, 6.45) is 2.80. The summed E-state index contributed by atoms with van der Waals surface area (Å²) in [5, 5.41) is 5.72. The van der Waals surface area contributed by atoms with Crippen LogP contribution < -0.4 is 14.5 Å². The van der Waals surface area contributed by atoms with Crippen molar-refractivity contribution < 1.29 is 4.74 Å². The van der Waals surface area contributed by atoms with E-state index in [9.17, 15) is 0 Å². The SMILES string of the molecule is COc1cccc2c1cc(C)n2CC[As]c1cc(-c2ccc3c(c2)CCN3)ncn1. The van der Waals surface area contributed by atoms with Crippen molar-refractivity contribution in [2.75, 3.05) is 19.0 Å². The molecule has 0 bridgehead atoms. The quantitative estimate of drug-likeness (QED) is 0.446. The van der Waals surface area contributed by atoms with Gasteiger partial charge in [0, 0.05) is 0 Å². The summed E-state index contributed by atoms with van der Waals surface area (Å²) < 4.78 is 9.10. The average Bonchev–Trinajstić information content (AvgIpc) is 3.37. The summed E-state index contributed by atoms with van der Waals surface area (Å²) in [6, 6.07) is 17.2. The Bertz CT molecular complexity index is 1220. The van der Waals surface area contributed by atoms with Crippen molar-refractivity contribution in [2.24, 2.45) is 0 Å². The molecule has 1 radical (unpaired) electrons. The number of hydrogen-bond donors (Lipinski definition) is 1. The van der Waals surface area contributed by atoms with E-state index in [0.29, 0.717) is 0 Å². The maximum absolute atomic E-state index is 5.52. The number of ether oxygens (including phenoxy) is 1. The molecule has 2 aromatic heterocycles. The standard InChI is InChI=1S/C24H24AsN4O/c1-16-12-19-22(4-3-5-23(19)30-2)29(16)11-9-25-24-14-21(27-15-28-24)17-6-7-20-18(13-17)8-10-26-20/h3-7,12-15,26H,8-11H2,1-2H3. The molecule has 30 heavy (non-hydrogen) atoms. The van der Waals surface area contributed by atoms with Crippen molar-refractivity contribution in [3.05, 3.63) is 66.1 Å². The monoisotopic (exact) mass is 459 g/mol. The molecule has 0 aliphatic carbocycles. The molecule has 6 heteroatoms. The molecule has 151 valence electrons. The van der Waals surface area contributed by atoms with Crippen LogP contribution in [-0.2, 0) is 13.0 Å². The number of aromatic nitrogens is 3. The van der Waals surface area contributed by atoms with E-state index in [1.807, 2.05) is 6.07 Å². The third-order valence-corrected chi connectivity index (χ3v) is 7.78. The molecule has 0 amide bonds. The summed E-state index contributed by atoms with van der Waals surface area (Å²) >= 11 is -0.0265. The number of aryl methyl sites for hydroxylation is 2. The van der Waals surface area contributed by atoms with Crippen LogP contribution in [-0.4, -0.2) is 43.9 Å². The van der Waals surface area contributed by atoms with Crippen LogP contribution in [0.15, 0.2) is 54.9 Å². The van der Waals surface area contributed by atoms with Crippen LogP contribution in [0.1, 0.15) is 11.3 Å². The molecule has 3 heterocycles. The number of rotatable bonds is 6. The Labute approximate surface area is 183 Å². The summed E-state index contributed by atoms with van der Waals surface area (Å²) in [7, 11) is 1.73. The Hall–Kier alpha value is -2.78. The molecule has 1 aliphatic rings. The molecule has 0 fully saturated rings. The van der Waals surface area contributed by atoms with Crippen molar-refractivity contribution in [2.45, 2.75) is 25.1 Å². The molecule has 0 saturated carbocycles. The first kappa shape index (κ1) is 19.2. The van der Waals surface area contributed by atoms with Crippen molar-refractivity contribution >= 4 is 36.8 Å². The van der Waals surface area contributed by atoms with Gasteiger partial charge in [-0.25, -0.2) is 0 Å². The number of methoxy groups -OCH3 is 1. The van der Waals surface area contributed by atoms with Gasteiger partial charge in [-0.1, -0.05) is 0 Å². The number of nitrogens with zero attached hydrogens (tertiary/aromatic N) is 3.